The molecule has 1 atom stereocenters. The molecule has 0 radical (unpaired) electrons. The second kappa shape index (κ2) is 7.28. The fourth-order valence-corrected chi connectivity index (χ4v) is 3.18. The molecule has 0 aromatic heterocycles. The number of halogens is 3. The molecule has 112 valence electrons. The number of hydrogen-bond acceptors (Lipinski definition) is 1. The van der Waals surface area contributed by atoms with Gasteiger partial charge in [0.1, 0.15) is 5.82 Å². The summed E-state index contributed by atoms with van der Waals surface area (Å²) < 4.78 is 13.9. The van der Waals surface area contributed by atoms with Crippen LogP contribution >= 0.6 is 27.5 Å². The first-order valence-electron chi connectivity index (χ1n) is 7.05. The maximum atomic E-state index is 13.3. The van der Waals surface area contributed by atoms with E-state index < -0.39 is 0 Å². The van der Waals surface area contributed by atoms with E-state index in [1.165, 1.54) is 23.3 Å². The molecule has 0 bridgehead atoms. The van der Waals surface area contributed by atoms with E-state index in [1.807, 2.05) is 0 Å². The highest BCUT2D eigenvalue weighted by Crippen LogP contribution is 2.35. The molecule has 0 aliphatic carbocycles. The summed E-state index contributed by atoms with van der Waals surface area (Å²) in [5.74, 6) is -0.349. The fourth-order valence-electron chi connectivity index (χ4n) is 2.26. The number of nitrogens with one attached hydrogen (secondary N) is 1. The molecule has 0 saturated heterocycles. The Labute approximate surface area is 138 Å². The number of benzene rings is 2. The molecule has 0 heterocycles. The Kier molecular flexibility index (Phi) is 5.65. The predicted octanol–water partition coefficient (Wildman–Crippen LogP) is 6.37. The average molecular weight is 371 g/mol. The Balaban J connectivity index is 2.26. The van der Waals surface area contributed by atoms with Gasteiger partial charge in [0.15, 0.2) is 0 Å². The van der Waals surface area contributed by atoms with Crippen LogP contribution in [0, 0.1) is 5.82 Å². The van der Waals surface area contributed by atoms with E-state index in [9.17, 15) is 4.39 Å². The Bertz CT molecular complexity index is 590. The van der Waals surface area contributed by atoms with Crippen molar-refractivity contribution in [3.05, 3.63) is 62.8 Å². The van der Waals surface area contributed by atoms with Gasteiger partial charge >= 0.3 is 0 Å². The van der Waals surface area contributed by atoms with E-state index in [2.05, 4.69) is 59.4 Å². The fraction of sp³-hybridized carbons (Fsp3) is 0.294. The molecule has 1 N–H and O–H groups in total. The summed E-state index contributed by atoms with van der Waals surface area (Å²) in [5, 5.41) is 3.78. The van der Waals surface area contributed by atoms with E-state index in [0.717, 1.165) is 18.5 Å². The third kappa shape index (κ3) is 3.98. The minimum atomic E-state index is -0.349. The second-order valence-corrected chi connectivity index (χ2v) is 6.21. The van der Waals surface area contributed by atoms with Gasteiger partial charge in [-0.1, -0.05) is 49.7 Å². The maximum absolute atomic E-state index is 13.3. The molecule has 21 heavy (non-hydrogen) atoms. The van der Waals surface area contributed by atoms with Gasteiger partial charge in [-0.3, -0.25) is 0 Å². The molecule has 1 nitrogen and oxygen atoms in total. The van der Waals surface area contributed by atoms with Crippen LogP contribution in [0.3, 0.4) is 0 Å². The van der Waals surface area contributed by atoms with Crippen LogP contribution in [0.25, 0.3) is 0 Å². The van der Waals surface area contributed by atoms with Gasteiger partial charge in [-0.25, -0.2) is 4.39 Å². The van der Waals surface area contributed by atoms with Crippen molar-refractivity contribution in [3.8, 4) is 0 Å². The summed E-state index contributed by atoms with van der Waals surface area (Å²) >= 11 is 9.50. The van der Waals surface area contributed by atoms with Gasteiger partial charge in [0, 0.05) is 4.47 Å². The van der Waals surface area contributed by atoms with Gasteiger partial charge in [-0.2, -0.15) is 0 Å². The summed E-state index contributed by atoms with van der Waals surface area (Å²) in [6, 6.07) is 11.4. The Hall–Kier alpha value is -1.06. The summed E-state index contributed by atoms with van der Waals surface area (Å²) in [6.45, 7) is 4.25. The van der Waals surface area contributed by atoms with E-state index in [-0.39, 0.29) is 11.9 Å². The summed E-state index contributed by atoms with van der Waals surface area (Å²) in [5.41, 5.74) is 3.24. The maximum Gasteiger partial charge on any atom is 0.125 e. The van der Waals surface area contributed by atoms with Gasteiger partial charge in [0.25, 0.3) is 0 Å². The van der Waals surface area contributed by atoms with E-state index in [4.69, 9.17) is 11.6 Å². The first-order valence-corrected chi connectivity index (χ1v) is 8.22. The van der Waals surface area contributed by atoms with Crippen LogP contribution in [0.4, 0.5) is 10.1 Å². The molecule has 1 unspecified atom stereocenters. The number of hydrogen-bond donors (Lipinski definition) is 1. The summed E-state index contributed by atoms with van der Waals surface area (Å²) in [7, 11) is 0. The Morgan fingerprint density at radius 2 is 1.86 bits per heavy atom. The van der Waals surface area contributed by atoms with Crippen LogP contribution in [0.2, 0.25) is 5.02 Å². The zero-order valence-corrected chi connectivity index (χ0v) is 14.4. The normalized spacial score (nSPS) is 12.2. The zero-order chi connectivity index (χ0) is 15.4. The minimum absolute atomic E-state index is 0.134. The molecular weight excluding hydrogens is 353 g/mol. The van der Waals surface area contributed by atoms with Gasteiger partial charge < -0.3 is 5.32 Å². The number of anilines is 1. The monoisotopic (exact) mass is 369 g/mol. The van der Waals surface area contributed by atoms with Gasteiger partial charge in [0.05, 0.1) is 16.8 Å². The van der Waals surface area contributed by atoms with Crippen molar-refractivity contribution in [2.24, 2.45) is 0 Å². The highest BCUT2D eigenvalue weighted by atomic mass is 79.9. The van der Waals surface area contributed by atoms with Crippen molar-refractivity contribution in [1.29, 1.82) is 0 Å². The van der Waals surface area contributed by atoms with Crippen molar-refractivity contribution in [3.63, 3.8) is 0 Å². The van der Waals surface area contributed by atoms with Crippen LogP contribution in [-0.4, -0.2) is 0 Å². The molecule has 4 heteroatoms. The lowest BCUT2D eigenvalue weighted by molar-refractivity contribution is 0.627. The van der Waals surface area contributed by atoms with Crippen LogP contribution in [0.1, 0.15) is 37.4 Å². The van der Waals surface area contributed by atoms with E-state index >= 15 is 0 Å². The van der Waals surface area contributed by atoms with Gasteiger partial charge in [-0.05, 0) is 52.0 Å². The molecule has 0 fully saturated rings. The lowest BCUT2D eigenvalue weighted by atomic mass is 10.0. The molecule has 2 rings (SSSR count). The molecule has 2 aromatic carbocycles. The van der Waals surface area contributed by atoms with E-state index in [0.29, 0.717) is 9.50 Å². The molecule has 0 aliphatic rings. The average Bonchev–Trinajstić information content (AvgIpc) is 2.47. The molecular formula is C17H18BrClFN. The predicted molar refractivity (Wildman–Crippen MR) is 91.6 cm³/mol. The Morgan fingerprint density at radius 3 is 2.38 bits per heavy atom. The topological polar surface area (TPSA) is 12.0 Å². The largest absolute Gasteiger partial charge is 0.376 e. The molecule has 0 spiro atoms. The second-order valence-electron chi connectivity index (χ2n) is 4.94. The standard InChI is InChI=1S/C17H18BrClFN/c1-3-11-5-7-12(8-6-11)16(4-2)21-17-14(18)9-13(20)10-15(17)19/h5-10,16,21H,3-4H2,1-2H3. The quantitative estimate of drug-likeness (QED) is 0.645. The zero-order valence-electron chi connectivity index (χ0n) is 12.1. The SMILES string of the molecule is CCc1ccc(C(CC)Nc2c(Cl)cc(F)cc2Br)cc1. The molecule has 0 saturated carbocycles. The summed E-state index contributed by atoms with van der Waals surface area (Å²) in [4.78, 5) is 0. The lowest BCUT2D eigenvalue weighted by Gasteiger charge is -2.21. The van der Waals surface area contributed by atoms with Crippen molar-refractivity contribution in [1.82, 2.24) is 0 Å². The van der Waals surface area contributed by atoms with Crippen LogP contribution < -0.4 is 5.32 Å². The summed E-state index contributed by atoms with van der Waals surface area (Å²) in [6.07, 6.45) is 1.94. The van der Waals surface area contributed by atoms with Crippen molar-refractivity contribution in [2.75, 3.05) is 5.32 Å². The van der Waals surface area contributed by atoms with Gasteiger partial charge in [-0.15, -0.1) is 0 Å². The highest BCUT2D eigenvalue weighted by Gasteiger charge is 2.14. The van der Waals surface area contributed by atoms with Crippen LogP contribution in [-0.2, 0) is 6.42 Å². The first-order chi connectivity index (χ1) is 10.0. The third-order valence-electron chi connectivity index (χ3n) is 3.52. The first kappa shape index (κ1) is 16.3. The molecule has 0 amide bonds. The van der Waals surface area contributed by atoms with E-state index in [1.54, 1.807) is 0 Å². The van der Waals surface area contributed by atoms with Gasteiger partial charge in [0.2, 0.25) is 0 Å². The lowest BCUT2D eigenvalue weighted by Crippen LogP contribution is -2.10. The van der Waals surface area contributed by atoms with Crippen molar-refractivity contribution in [2.45, 2.75) is 32.7 Å². The highest BCUT2D eigenvalue weighted by molar-refractivity contribution is 9.10. The number of aryl methyl sites for hydroxylation is 1. The molecule has 0 aliphatic heterocycles. The van der Waals surface area contributed by atoms with Crippen molar-refractivity contribution < 1.29 is 4.39 Å². The van der Waals surface area contributed by atoms with Crippen LogP contribution in [0.5, 0.6) is 0 Å². The van der Waals surface area contributed by atoms with Crippen LogP contribution in [0.15, 0.2) is 40.9 Å². The Morgan fingerprint density at radius 1 is 1.19 bits per heavy atom. The number of rotatable bonds is 5. The minimum Gasteiger partial charge on any atom is -0.376 e. The third-order valence-corrected chi connectivity index (χ3v) is 4.45. The smallest absolute Gasteiger partial charge is 0.125 e. The molecule has 2 aromatic rings. The van der Waals surface area contributed by atoms with Crippen molar-refractivity contribution >= 4 is 33.2 Å².